The maximum absolute atomic E-state index is 5.07. The van der Waals surface area contributed by atoms with Crippen molar-refractivity contribution in [3.63, 3.8) is 0 Å². The molecule has 0 aliphatic heterocycles. The average molecular weight is 139 g/mol. The first-order valence-corrected chi connectivity index (χ1v) is 3.95. The van der Waals surface area contributed by atoms with E-state index in [0.717, 1.165) is 12.5 Å². The average Bonchev–Trinajstić information content (AvgIpc) is 1.98. The fourth-order valence-electron chi connectivity index (χ4n) is 0.713. The van der Waals surface area contributed by atoms with Crippen molar-refractivity contribution >= 4 is 0 Å². The smallest absolute Gasteiger partial charge is 0.0573 e. The zero-order valence-electron chi connectivity index (χ0n) is 6.98. The van der Waals surface area contributed by atoms with Crippen LogP contribution in [0.15, 0.2) is 0 Å². The van der Waals surface area contributed by atoms with E-state index in [1.54, 1.807) is 0 Å². The molecule has 0 aromatic heterocycles. The molecule has 0 spiro atoms. The number of hydrogen-bond donors (Lipinski definition) is 1. The first-order chi connectivity index (χ1) is 4.81. The second kappa shape index (κ2) is 6.64. The van der Waals surface area contributed by atoms with E-state index in [1.807, 2.05) is 0 Å². The van der Waals surface area contributed by atoms with Crippen LogP contribution in [0.25, 0.3) is 0 Å². The van der Waals surface area contributed by atoms with Gasteiger partial charge >= 0.3 is 0 Å². The van der Waals surface area contributed by atoms with Gasteiger partial charge in [-0.25, -0.2) is 0 Å². The summed E-state index contributed by atoms with van der Waals surface area (Å²) in [7, 11) is 0. The summed E-state index contributed by atoms with van der Waals surface area (Å²) in [5, 5.41) is 3.16. The SMILES string of the molecule is C#CCNCCC(C)CC. The molecule has 0 amide bonds. The molecule has 0 saturated carbocycles. The fraction of sp³-hybridized carbons (Fsp3) is 0.778. The van der Waals surface area contributed by atoms with Gasteiger partial charge in [-0.2, -0.15) is 0 Å². The Morgan fingerprint density at radius 3 is 2.80 bits per heavy atom. The van der Waals surface area contributed by atoms with Crippen molar-refractivity contribution in [2.24, 2.45) is 5.92 Å². The monoisotopic (exact) mass is 139 g/mol. The van der Waals surface area contributed by atoms with Crippen molar-refractivity contribution in [2.75, 3.05) is 13.1 Å². The van der Waals surface area contributed by atoms with Crippen LogP contribution in [0.4, 0.5) is 0 Å². The number of nitrogens with one attached hydrogen (secondary N) is 1. The lowest BCUT2D eigenvalue weighted by Crippen LogP contribution is -2.17. The van der Waals surface area contributed by atoms with Crippen LogP contribution in [0.3, 0.4) is 0 Å². The lowest BCUT2D eigenvalue weighted by Gasteiger charge is -2.06. The van der Waals surface area contributed by atoms with Gasteiger partial charge in [0.25, 0.3) is 0 Å². The number of rotatable bonds is 5. The second-order valence-corrected chi connectivity index (χ2v) is 2.68. The summed E-state index contributed by atoms with van der Waals surface area (Å²) in [6, 6.07) is 0. The van der Waals surface area contributed by atoms with Crippen LogP contribution in [0, 0.1) is 18.3 Å². The predicted molar refractivity (Wildman–Crippen MR) is 45.8 cm³/mol. The van der Waals surface area contributed by atoms with Gasteiger partial charge in [0.1, 0.15) is 0 Å². The van der Waals surface area contributed by atoms with Gasteiger partial charge in [-0.3, -0.25) is 0 Å². The van der Waals surface area contributed by atoms with Crippen molar-refractivity contribution in [2.45, 2.75) is 26.7 Å². The molecule has 0 bridgehead atoms. The largest absolute Gasteiger partial charge is 0.306 e. The first kappa shape index (κ1) is 9.52. The van der Waals surface area contributed by atoms with E-state index < -0.39 is 0 Å². The Labute approximate surface area is 64.2 Å². The molecule has 0 aromatic carbocycles. The maximum Gasteiger partial charge on any atom is 0.0573 e. The van der Waals surface area contributed by atoms with Gasteiger partial charge in [0.05, 0.1) is 6.54 Å². The van der Waals surface area contributed by atoms with Crippen LogP contribution >= 0.6 is 0 Å². The van der Waals surface area contributed by atoms with Gasteiger partial charge in [-0.05, 0) is 18.9 Å². The van der Waals surface area contributed by atoms with Crippen molar-refractivity contribution in [1.82, 2.24) is 5.32 Å². The molecule has 1 heteroatoms. The van der Waals surface area contributed by atoms with Gasteiger partial charge in [0.2, 0.25) is 0 Å². The minimum Gasteiger partial charge on any atom is -0.306 e. The van der Waals surface area contributed by atoms with Crippen molar-refractivity contribution in [3.8, 4) is 12.3 Å². The van der Waals surface area contributed by atoms with Gasteiger partial charge in [0.15, 0.2) is 0 Å². The van der Waals surface area contributed by atoms with E-state index in [0.29, 0.717) is 6.54 Å². The van der Waals surface area contributed by atoms with Crippen LogP contribution < -0.4 is 5.32 Å². The van der Waals surface area contributed by atoms with Crippen molar-refractivity contribution in [1.29, 1.82) is 0 Å². The van der Waals surface area contributed by atoms with Crippen LogP contribution in [0.2, 0.25) is 0 Å². The molecule has 1 N–H and O–H groups in total. The molecule has 1 nitrogen and oxygen atoms in total. The van der Waals surface area contributed by atoms with E-state index >= 15 is 0 Å². The molecule has 0 aliphatic carbocycles. The Kier molecular flexibility index (Phi) is 6.32. The molecule has 1 atom stereocenters. The lowest BCUT2D eigenvalue weighted by atomic mass is 10.1. The Morgan fingerprint density at radius 2 is 2.30 bits per heavy atom. The van der Waals surface area contributed by atoms with Gasteiger partial charge in [-0.15, -0.1) is 6.42 Å². The highest BCUT2D eigenvalue weighted by atomic mass is 14.8. The summed E-state index contributed by atoms with van der Waals surface area (Å²) in [6.45, 7) is 6.24. The highest BCUT2D eigenvalue weighted by Gasteiger charge is 1.95. The van der Waals surface area contributed by atoms with Gasteiger partial charge in [0, 0.05) is 0 Å². The van der Waals surface area contributed by atoms with Crippen LogP contribution in [-0.4, -0.2) is 13.1 Å². The summed E-state index contributed by atoms with van der Waals surface area (Å²) >= 11 is 0. The molecular formula is C9H17N. The van der Waals surface area contributed by atoms with Crippen molar-refractivity contribution < 1.29 is 0 Å². The topological polar surface area (TPSA) is 12.0 Å². The first-order valence-electron chi connectivity index (χ1n) is 3.95. The number of hydrogen-bond acceptors (Lipinski definition) is 1. The quantitative estimate of drug-likeness (QED) is 0.451. The van der Waals surface area contributed by atoms with Crippen LogP contribution in [0.5, 0.6) is 0 Å². The summed E-state index contributed by atoms with van der Waals surface area (Å²) in [6.07, 6.45) is 7.56. The molecule has 0 saturated heterocycles. The Bertz CT molecular complexity index is 102. The summed E-state index contributed by atoms with van der Waals surface area (Å²) in [5.74, 6) is 3.37. The molecule has 0 radical (unpaired) electrons. The highest BCUT2D eigenvalue weighted by Crippen LogP contribution is 2.03. The van der Waals surface area contributed by atoms with E-state index in [4.69, 9.17) is 6.42 Å². The zero-order chi connectivity index (χ0) is 7.82. The Morgan fingerprint density at radius 1 is 1.60 bits per heavy atom. The van der Waals surface area contributed by atoms with Crippen LogP contribution in [-0.2, 0) is 0 Å². The zero-order valence-corrected chi connectivity index (χ0v) is 6.98. The van der Waals surface area contributed by atoms with E-state index in [1.165, 1.54) is 12.8 Å². The molecule has 10 heavy (non-hydrogen) atoms. The van der Waals surface area contributed by atoms with Gasteiger partial charge in [-0.1, -0.05) is 26.2 Å². The third-order valence-electron chi connectivity index (χ3n) is 1.74. The lowest BCUT2D eigenvalue weighted by molar-refractivity contribution is 0.498. The number of terminal acetylenes is 1. The third-order valence-corrected chi connectivity index (χ3v) is 1.74. The minimum atomic E-state index is 0.705. The van der Waals surface area contributed by atoms with Crippen molar-refractivity contribution in [3.05, 3.63) is 0 Å². The fourth-order valence-corrected chi connectivity index (χ4v) is 0.713. The molecule has 0 heterocycles. The molecular weight excluding hydrogens is 122 g/mol. The third kappa shape index (κ3) is 5.65. The molecule has 1 unspecified atom stereocenters. The van der Waals surface area contributed by atoms with E-state index in [9.17, 15) is 0 Å². The maximum atomic E-state index is 5.07. The minimum absolute atomic E-state index is 0.705. The summed E-state index contributed by atoms with van der Waals surface area (Å²) < 4.78 is 0. The molecule has 0 rings (SSSR count). The van der Waals surface area contributed by atoms with E-state index in [2.05, 4.69) is 25.1 Å². The van der Waals surface area contributed by atoms with Crippen LogP contribution in [0.1, 0.15) is 26.7 Å². The summed E-state index contributed by atoms with van der Waals surface area (Å²) in [5.41, 5.74) is 0. The molecule has 58 valence electrons. The standard InChI is InChI=1S/C9H17N/c1-4-7-10-8-6-9(3)5-2/h1,9-10H,5-8H2,2-3H3. The highest BCUT2D eigenvalue weighted by molar-refractivity contribution is 4.86. The normalized spacial score (nSPS) is 12.5. The summed E-state index contributed by atoms with van der Waals surface area (Å²) in [4.78, 5) is 0. The molecule has 0 aliphatic rings. The predicted octanol–water partition coefficient (Wildman–Crippen LogP) is 1.65. The Hall–Kier alpha value is -0.480. The van der Waals surface area contributed by atoms with E-state index in [-0.39, 0.29) is 0 Å². The molecule has 0 aromatic rings. The Balaban J connectivity index is 2.98. The molecule has 0 fully saturated rings. The second-order valence-electron chi connectivity index (χ2n) is 2.68. The van der Waals surface area contributed by atoms with Gasteiger partial charge < -0.3 is 5.32 Å².